The van der Waals surface area contributed by atoms with E-state index >= 15 is 0 Å². The number of carbonyl (C=O) groups is 1. The van der Waals surface area contributed by atoms with Crippen LogP contribution in [0.1, 0.15) is 33.1 Å². The Morgan fingerprint density at radius 1 is 1.33 bits per heavy atom. The number of unbranched alkanes of at least 4 members (excludes halogenated alkanes) is 1. The Labute approximate surface area is 74.9 Å². The number of urea groups is 1. The van der Waals surface area contributed by atoms with Crippen LogP contribution in [0.2, 0.25) is 0 Å². The monoisotopic (exact) mass is 172 g/mol. The van der Waals surface area contributed by atoms with Gasteiger partial charge in [-0.25, -0.2) is 4.79 Å². The van der Waals surface area contributed by atoms with Crippen LogP contribution in [-0.2, 0) is 0 Å². The third-order valence-electron chi connectivity index (χ3n) is 1.72. The molecule has 0 aliphatic heterocycles. The van der Waals surface area contributed by atoms with Gasteiger partial charge < -0.3 is 10.6 Å². The van der Waals surface area contributed by atoms with E-state index in [4.69, 9.17) is 0 Å². The van der Waals surface area contributed by atoms with Gasteiger partial charge in [0.1, 0.15) is 0 Å². The molecular formula is C9H20N2O. The van der Waals surface area contributed by atoms with Crippen LogP contribution in [0.5, 0.6) is 0 Å². The average Bonchev–Trinajstić information content (AvgIpc) is 2.03. The molecule has 0 saturated heterocycles. The normalized spacial score (nSPS) is 10.0. The molecule has 0 aromatic heterocycles. The minimum atomic E-state index is -0.0838. The summed E-state index contributed by atoms with van der Waals surface area (Å²) >= 11 is 0. The maximum absolute atomic E-state index is 10.7. The van der Waals surface area contributed by atoms with E-state index in [0.717, 1.165) is 18.9 Å². The van der Waals surface area contributed by atoms with Gasteiger partial charge in [-0.2, -0.15) is 0 Å². The van der Waals surface area contributed by atoms with Crippen LogP contribution in [0.15, 0.2) is 0 Å². The van der Waals surface area contributed by atoms with E-state index in [-0.39, 0.29) is 6.03 Å². The van der Waals surface area contributed by atoms with Crippen LogP contribution >= 0.6 is 0 Å². The number of rotatable bonds is 5. The van der Waals surface area contributed by atoms with Crippen LogP contribution < -0.4 is 10.6 Å². The molecule has 2 N–H and O–H groups in total. The molecule has 0 fully saturated rings. The van der Waals surface area contributed by atoms with E-state index in [9.17, 15) is 4.79 Å². The second-order valence-electron chi connectivity index (χ2n) is 3.40. The fourth-order valence-electron chi connectivity index (χ4n) is 0.968. The molecule has 12 heavy (non-hydrogen) atoms. The van der Waals surface area contributed by atoms with Crippen molar-refractivity contribution in [2.24, 2.45) is 5.92 Å². The molecule has 0 aliphatic rings. The predicted molar refractivity (Wildman–Crippen MR) is 51.1 cm³/mol. The van der Waals surface area contributed by atoms with Gasteiger partial charge in [0.05, 0.1) is 0 Å². The van der Waals surface area contributed by atoms with Crippen molar-refractivity contribution in [3.8, 4) is 0 Å². The van der Waals surface area contributed by atoms with Gasteiger partial charge in [0.25, 0.3) is 0 Å². The standard InChI is InChI=1S/C9H20N2O/c1-8(2)6-4-5-7-11-9(12)10-3/h8H,4-7H2,1-3H3,(H2,10,11,12). The number of carbonyl (C=O) groups excluding carboxylic acids is 1. The van der Waals surface area contributed by atoms with Gasteiger partial charge in [0.15, 0.2) is 0 Å². The zero-order valence-corrected chi connectivity index (χ0v) is 8.31. The summed E-state index contributed by atoms with van der Waals surface area (Å²) in [5.41, 5.74) is 0. The second-order valence-corrected chi connectivity index (χ2v) is 3.40. The summed E-state index contributed by atoms with van der Waals surface area (Å²) in [7, 11) is 1.63. The van der Waals surface area contributed by atoms with E-state index in [1.807, 2.05) is 0 Å². The Kier molecular flexibility index (Phi) is 6.53. The zero-order valence-electron chi connectivity index (χ0n) is 8.31. The largest absolute Gasteiger partial charge is 0.341 e. The van der Waals surface area contributed by atoms with Crippen LogP contribution in [0, 0.1) is 5.92 Å². The van der Waals surface area contributed by atoms with Crippen LogP contribution in [0.4, 0.5) is 4.79 Å². The molecule has 3 nitrogen and oxygen atoms in total. The minimum Gasteiger partial charge on any atom is -0.341 e. The lowest BCUT2D eigenvalue weighted by molar-refractivity contribution is 0.242. The van der Waals surface area contributed by atoms with Gasteiger partial charge in [0.2, 0.25) is 0 Å². The summed E-state index contributed by atoms with van der Waals surface area (Å²) in [5.74, 6) is 0.769. The number of hydrogen-bond acceptors (Lipinski definition) is 1. The van der Waals surface area contributed by atoms with E-state index in [1.165, 1.54) is 12.8 Å². The van der Waals surface area contributed by atoms with Gasteiger partial charge in [-0.15, -0.1) is 0 Å². The molecule has 0 heterocycles. The van der Waals surface area contributed by atoms with Crippen LogP contribution in [-0.4, -0.2) is 19.6 Å². The third-order valence-corrected chi connectivity index (χ3v) is 1.72. The summed E-state index contributed by atoms with van der Waals surface area (Å²) in [6.07, 6.45) is 3.52. The molecule has 0 spiro atoms. The molecule has 3 heteroatoms. The predicted octanol–water partition coefficient (Wildman–Crippen LogP) is 1.74. The van der Waals surface area contributed by atoms with E-state index < -0.39 is 0 Å². The zero-order chi connectivity index (χ0) is 9.40. The molecule has 0 bridgehead atoms. The first kappa shape index (κ1) is 11.3. The van der Waals surface area contributed by atoms with Crippen molar-refractivity contribution in [3.05, 3.63) is 0 Å². The van der Waals surface area contributed by atoms with E-state index in [2.05, 4.69) is 24.5 Å². The Morgan fingerprint density at radius 3 is 2.50 bits per heavy atom. The Morgan fingerprint density at radius 2 is 2.00 bits per heavy atom. The minimum absolute atomic E-state index is 0.0838. The SMILES string of the molecule is CNC(=O)NCCCCC(C)C. The molecule has 0 unspecified atom stereocenters. The average molecular weight is 172 g/mol. The van der Waals surface area contributed by atoms with Gasteiger partial charge in [-0.3, -0.25) is 0 Å². The van der Waals surface area contributed by atoms with E-state index in [1.54, 1.807) is 7.05 Å². The lowest BCUT2D eigenvalue weighted by Gasteiger charge is -2.05. The molecule has 2 amide bonds. The van der Waals surface area contributed by atoms with Crippen molar-refractivity contribution >= 4 is 6.03 Å². The van der Waals surface area contributed by atoms with Crippen molar-refractivity contribution in [2.45, 2.75) is 33.1 Å². The first-order valence-corrected chi connectivity index (χ1v) is 4.62. The van der Waals surface area contributed by atoms with Gasteiger partial charge in [0, 0.05) is 13.6 Å². The fourth-order valence-corrected chi connectivity index (χ4v) is 0.968. The molecular weight excluding hydrogens is 152 g/mol. The molecule has 0 aromatic carbocycles. The summed E-state index contributed by atoms with van der Waals surface area (Å²) < 4.78 is 0. The lowest BCUT2D eigenvalue weighted by atomic mass is 10.1. The number of amides is 2. The van der Waals surface area contributed by atoms with Crippen molar-refractivity contribution < 1.29 is 4.79 Å². The van der Waals surface area contributed by atoms with E-state index in [0.29, 0.717) is 0 Å². The second kappa shape index (κ2) is 6.95. The Bertz CT molecular complexity index is 124. The highest BCUT2D eigenvalue weighted by Gasteiger charge is 1.96. The van der Waals surface area contributed by atoms with Gasteiger partial charge in [-0.05, 0) is 12.3 Å². The first-order valence-electron chi connectivity index (χ1n) is 4.62. The highest BCUT2D eigenvalue weighted by Crippen LogP contribution is 2.04. The molecule has 0 aromatic rings. The maximum atomic E-state index is 10.7. The Balaban J connectivity index is 3.05. The Hall–Kier alpha value is -0.730. The number of nitrogens with one attached hydrogen (secondary N) is 2. The maximum Gasteiger partial charge on any atom is 0.314 e. The molecule has 0 rings (SSSR count). The first-order chi connectivity index (χ1) is 5.66. The summed E-state index contributed by atoms with van der Waals surface area (Å²) in [5, 5.41) is 5.27. The van der Waals surface area contributed by atoms with Crippen LogP contribution in [0.3, 0.4) is 0 Å². The summed E-state index contributed by atoms with van der Waals surface area (Å²) in [6, 6.07) is -0.0838. The highest BCUT2D eigenvalue weighted by atomic mass is 16.2. The molecule has 72 valence electrons. The molecule has 0 saturated carbocycles. The van der Waals surface area contributed by atoms with Crippen molar-refractivity contribution in [2.75, 3.05) is 13.6 Å². The summed E-state index contributed by atoms with van der Waals surface area (Å²) in [6.45, 7) is 5.21. The summed E-state index contributed by atoms with van der Waals surface area (Å²) in [4.78, 5) is 10.7. The van der Waals surface area contributed by atoms with Crippen molar-refractivity contribution in [1.29, 1.82) is 0 Å². The lowest BCUT2D eigenvalue weighted by Crippen LogP contribution is -2.33. The molecule has 0 radical (unpaired) electrons. The highest BCUT2D eigenvalue weighted by molar-refractivity contribution is 5.73. The third kappa shape index (κ3) is 7.38. The van der Waals surface area contributed by atoms with Gasteiger partial charge >= 0.3 is 6.03 Å². The fraction of sp³-hybridized carbons (Fsp3) is 0.889. The van der Waals surface area contributed by atoms with Gasteiger partial charge in [-0.1, -0.05) is 26.7 Å². The molecule has 0 aliphatic carbocycles. The number of hydrogen-bond donors (Lipinski definition) is 2. The van der Waals surface area contributed by atoms with Crippen molar-refractivity contribution in [1.82, 2.24) is 10.6 Å². The molecule has 0 atom stereocenters. The van der Waals surface area contributed by atoms with Crippen molar-refractivity contribution in [3.63, 3.8) is 0 Å². The quantitative estimate of drug-likeness (QED) is 0.609. The smallest absolute Gasteiger partial charge is 0.314 e. The topological polar surface area (TPSA) is 41.1 Å². The van der Waals surface area contributed by atoms with Crippen LogP contribution in [0.25, 0.3) is 0 Å².